The van der Waals surface area contributed by atoms with Crippen LogP contribution in [-0.2, 0) is 4.79 Å². The Hall–Kier alpha value is -0.570. The molecule has 0 heterocycles. The van der Waals surface area contributed by atoms with Crippen molar-refractivity contribution in [3.05, 3.63) is 0 Å². The standard InChI is InChI=1S/C15H32N2O/c1-5-7-8-9-10-11-12-16-14(4)15(18)17-13(3)6-2/h13-14,16H,5-12H2,1-4H3,(H,17,18). The minimum Gasteiger partial charge on any atom is -0.352 e. The number of carbonyl (C=O) groups excluding carboxylic acids is 1. The SMILES string of the molecule is CCCCCCCCNC(C)C(=O)NC(C)CC. The van der Waals surface area contributed by atoms with Crippen LogP contribution in [0.25, 0.3) is 0 Å². The summed E-state index contributed by atoms with van der Waals surface area (Å²) in [5.74, 6) is 0.121. The number of amides is 1. The quantitative estimate of drug-likeness (QED) is 0.557. The van der Waals surface area contributed by atoms with Crippen molar-refractivity contribution in [2.24, 2.45) is 0 Å². The van der Waals surface area contributed by atoms with E-state index in [1.165, 1.54) is 38.5 Å². The Morgan fingerprint density at radius 2 is 1.61 bits per heavy atom. The molecule has 0 saturated heterocycles. The zero-order valence-electron chi connectivity index (χ0n) is 12.7. The molecule has 0 bridgehead atoms. The molecule has 0 aliphatic carbocycles. The van der Waals surface area contributed by atoms with Crippen LogP contribution < -0.4 is 10.6 Å². The van der Waals surface area contributed by atoms with Gasteiger partial charge in [-0.05, 0) is 33.2 Å². The molecular weight excluding hydrogens is 224 g/mol. The molecular formula is C15H32N2O. The maximum absolute atomic E-state index is 11.7. The first-order chi connectivity index (χ1) is 8.61. The maximum Gasteiger partial charge on any atom is 0.237 e. The third-order valence-corrected chi connectivity index (χ3v) is 3.38. The summed E-state index contributed by atoms with van der Waals surface area (Å²) in [4.78, 5) is 11.7. The van der Waals surface area contributed by atoms with Crippen LogP contribution in [0.1, 0.15) is 72.6 Å². The molecule has 18 heavy (non-hydrogen) atoms. The summed E-state index contributed by atoms with van der Waals surface area (Å²) < 4.78 is 0. The number of carbonyl (C=O) groups is 1. The topological polar surface area (TPSA) is 41.1 Å². The largest absolute Gasteiger partial charge is 0.352 e. The monoisotopic (exact) mass is 256 g/mol. The highest BCUT2D eigenvalue weighted by molar-refractivity contribution is 5.81. The number of nitrogens with one attached hydrogen (secondary N) is 2. The van der Waals surface area contributed by atoms with Crippen molar-refractivity contribution in [2.45, 2.75) is 84.7 Å². The first-order valence-corrected chi connectivity index (χ1v) is 7.65. The predicted octanol–water partition coefficient (Wildman–Crippen LogP) is 3.24. The van der Waals surface area contributed by atoms with Crippen LogP contribution in [0.2, 0.25) is 0 Å². The number of rotatable bonds is 11. The van der Waals surface area contributed by atoms with E-state index in [9.17, 15) is 4.79 Å². The zero-order valence-corrected chi connectivity index (χ0v) is 12.7. The van der Waals surface area contributed by atoms with Crippen LogP contribution >= 0.6 is 0 Å². The lowest BCUT2D eigenvalue weighted by Crippen LogP contribution is -2.45. The second-order valence-corrected chi connectivity index (χ2v) is 5.26. The van der Waals surface area contributed by atoms with E-state index in [0.717, 1.165) is 13.0 Å². The fraction of sp³-hybridized carbons (Fsp3) is 0.933. The molecule has 1 amide bonds. The van der Waals surface area contributed by atoms with Crippen LogP contribution in [-0.4, -0.2) is 24.5 Å². The van der Waals surface area contributed by atoms with Crippen molar-refractivity contribution in [3.8, 4) is 0 Å². The maximum atomic E-state index is 11.7. The molecule has 0 fully saturated rings. The van der Waals surface area contributed by atoms with Crippen molar-refractivity contribution in [3.63, 3.8) is 0 Å². The fourth-order valence-corrected chi connectivity index (χ4v) is 1.79. The smallest absolute Gasteiger partial charge is 0.237 e. The highest BCUT2D eigenvalue weighted by Gasteiger charge is 2.12. The molecule has 0 rings (SSSR count). The molecule has 108 valence electrons. The van der Waals surface area contributed by atoms with Crippen LogP contribution in [0.15, 0.2) is 0 Å². The van der Waals surface area contributed by atoms with E-state index in [0.29, 0.717) is 0 Å². The molecule has 3 heteroatoms. The number of hydrogen-bond acceptors (Lipinski definition) is 2. The average molecular weight is 256 g/mol. The summed E-state index contributed by atoms with van der Waals surface area (Å²) in [5.41, 5.74) is 0. The van der Waals surface area contributed by atoms with Crippen LogP contribution in [0.3, 0.4) is 0 Å². The summed E-state index contributed by atoms with van der Waals surface area (Å²) in [6.07, 6.45) is 8.74. The molecule has 2 atom stereocenters. The van der Waals surface area contributed by atoms with Gasteiger partial charge in [0.15, 0.2) is 0 Å². The first-order valence-electron chi connectivity index (χ1n) is 7.65. The molecule has 0 aromatic rings. The van der Waals surface area contributed by atoms with Gasteiger partial charge in [0.25, 0.3) is 0 Å². The second kappa shape index (κ2) is 11.5. The minimum absolute atomic E-state index is 0.0744. The van der Waals surface area contributed by atoms with Crippen LogP contribution in [0.4, 0.5) is 0 Å². The molecule has 0 spiro atoms. The molecule has 3 nitrogen and oxygen atoms in total. The van der Waals surface area contributed by atoms with Gasteiger partial charge in [-0.1, -0.05) is 46.0 Å². The summed E-state index contributed by atoms with van der Waals surface area (Å²) >= 11 is 0. The van der Waals surface area contributed by atoms with Crippen molar-refractivity contribution < 1.29 is 4.79 Å². The normalized spacial score (nSPS) is 14.2. The Bertz CT molecular complexity index is 207. The van der Waals surface area contributed by atoms with Gasteiger partial charge in [-0.3, -0.25) is 4.79 Å². The van der Waals surface area contributed by atoms with E-state index >= 15 is 0 Å². The molecule has 2 N–H and O–H groups in total. The summed E-state index contributed by atoms with van der Waals surface area (Å²) in [5, 5.41) is 6.29. The average Bonchev–Trinajstić information content (AvgIpc) is 2.37. The second-order valence-electron chi connectivity index (χ2n) is 5.26. The van der Waals surface area contributed by atoms with Gasteiger partial charge in [0, 0.05) is 6.04 Å². The molecule has 2 unspecified atom stereocenters. The van der Waals surface area contributed by atoms with Crippen molar-refractivity contribution >= 4 is 5.91 Å². The van der Waals surface area contributed by atoms with Crippen molar-refractivity contribution in [1.29, 1.82) is 0 Å². The molecule has 0 radical (unpaired) electrons. The van der Waals surface area contributed by atoms with E-state index in [-0.39, 0.29) is 18.0 Å². The van der Waals surface area contributed by atoms with E-state index in [4.69, 9.17) is 0 Å². The van der Waals surface area contributed by atoms with Crippen LogP contribution in [0, 0.1) is 0 Å². The lowest BCUT2D eigenvalue weighted by Gasteiger charge is -2.17. The third kappa shape index (κ3) is 9.46. The number of hydrogen-bond donors (Lipinski definition) is 2. The third-order valence-electron chi connectivity index (χ3n) is 3.38. The predicted molar refractivity (Wildman–Crippen MR) is 78.7 cm³/mol. The highest BCUT2D eigenvalue weighted by Crippen LogP contribution is 2.04. The zero-order chi connectivity index (χ0) is 13.8. The van der Waals surface area contributed by atoms with Crippen molar-refractivity contribution in [2.75, 3.05) is 6.54 Å². The fourth-order valence-electron chi connectivity index (χ4n) is 1.79. The Kier molecular flexibility index (Phi) is 11.2. The van der Waals surface area contributed by atoms with E-state index < -0.39 is 0 Å². The Labute approximate surface area is 113 Å². The minimum atomic E-state index is -0.0744. The Morgan fingerprint density at radius 1 is 1.00 bits per heavy atom. The lowest BCUT2D eigenvalue weighted by atomic mass is 10.1. The Balaban J connectivity index is 3.46. The summed E-state index contributed by atoms with van der Waals surface area (Å²) in [7, 11) is 0. The van der Waals surface area contributed by atoms with E-state index in [1.807, 2.05) is 13.8 Å². The van der Waals surface area contributed by atoms with Gasteiger partial charge < -0.3 is 10.6 Å². The van der Waals surface area contributed by atoms with E-state index in [2.05, 4.69) is 24.5 Å². The Morgan fingerprint density at radius 3 is 2.22 bits per heavy atom. The van der Waals surface area contributed by atoms with Gasteiger partial charge >= 0.3 is 0 Å². The van der Waals surface area contributed by atoms with Crippen LogP contribution in [0.5, 0.6) is 0 Å². The first kappa shape index (κ1) is 17.4. The molecule has 0 aromatic carbocycles. The van der Waals surface area contributed by atoms with E-state index in [1.54, 1.807) is 0 Å². The van der Waals surface area contributed by atoms with Crippen molar-refractivity contribution in [1.82, 2.24) is 10.6 Å². The highest BCUT2D eigenvalue weighted by atomic mass is 16.2. The van der Waals surface area contributed by atoms with Gasteiger partial charge in [0.1, 0.15) is 0 Å². The van der Waals surface area contributed by atoms with Gasteiger partial charge in [-0.15, -0.1) is 0 Å². The summed E-state index contributed by atoms with van der Waals surface area (Å²) in [6, 6.07) is 0.199. The van der Waals surface area contributed by atoms with Gasteiger partial charge in [0.2, 0.25) is 5.91 Å². The molecule has 0 aromatic heterocycles. The molecule has 0 aliphatic rings. The summed E-state index contributed by atoms with van der Waals surface area (Å²) in [6.45, 7) is 9.24. The number of unbranched alkanes of at least 4 members (excludes halogenated alkanes) is 5. The lowest BCUT2D eigenvalue weighted by molar-refractivity contribution is -0.123. The molecule has 0 saturated carbocycles. The molecule has 0 aliphatic heterocycles. The van der Waals surface area contributed by atoms with Gasteiger partial charge in [-0.2, -0.15) is 0 Å². The van der Waals surface area contributed by atoms with Gasteiger partial charge in [0.05, 0.1) is 6.04 Å². The van der Waals surface area contributed by atoms with Gasteiger partial charge in [-0.25, -0.2) is 0 Å².